The molecule has 2 aromatic carbocycles. The Morgan fingerprint density at radius 1 is 1.17 bits per heavy atom. The van der Waals surface area contributed by atoms with Gasteiger partial charge in [-0.1, -0.05) is 39.1 Å². The van der Waals surface area contributed by atoms with E-state index in [1.165, 1.54) is 6.26 Å². The summed E-state index contributed by atoms with van der Waals surface area (Å²) in [5.74, 6) is -0.0579. The zero-order valence-electron chi connectivity index (χ0n) is 12.4. The molecule has 0 saturated carbocycles. The highest BCUT2D eigenvalue weighted by atomic mass is 79.9. The Morgan fingerprint density at radius 3 is 2.67 bits per heavy atom. The lowest BCUT2D eigenvalue weighted by molar-refractivity contribution is 0.102. The molecule has 3 aromatic rings. The van der Waals surface area contributed by atoms with Gasteiger partial charge in [0.15, 0.2) is 5.69 Å². The number of nitrogens with one attached hydrogen (secondary N) is 1. The maximum absolute atomic E-state index is 12.3. The van der Waals surface area contributed by atoms with Crippen molar-refractivity contribution in [2.45, 2.75) is 6.92 Å². The number of carbonyl (C=O) groups excluding carboxylic acids is 1. The second-order valence-corrected chi connectivity index (χ2v) is 6.75. The van der Waals surface area contributed by atoms with Gasteiger partial charge >= 0.3 is 0 Å². The summed E-state index contributed by atoms with van der Waals surface area (Å²) in [5, 5.41) is 3.61. The van der Waals surface area contributed by atoms with Crippen molar-refractivity contribution in [3.05, 3.63) is 68.4 Å². The summed E-state index contributed by atoms with van der Waals surface area (Å²) in [7, 11) is 0. The van der Waals surface area contributed by atoms with Crippen LogP contribution in [0.3, 0.4) is 0 Å². The number of hydrogen-bond donors (Lipinski definition) is 1. The first-order valence-electron chi connectivity index (χ1n) is 6.92. The van der Waals surface area contributed by atoms with Crippen LogP contribution in [0.5, 0.6) is 0 Å². The van der Waals surface area contributed by atoms with E-state index in [9.17, 15) is 4.79 Å². The maximum Gasteiger partial charge on any atom is 0.277 e. The van der Waals surface area contributed by atoms with Crippen molar-refractivity contribution in [1.82, 2.24) is 4.98 Å². The molecule has 3 rings (SSSR count). The van der Waals surface area contributed by atoms with Gasteiger partial charge in [-0.15, -0.1) is 0 Å². The second kappa shape index (κ2) is 6.97. The molecule has 0 aliphatic rings. The molecule has 0 atom stereocenters. The van der Waals surface area contributed by atoms with Crippen LogP contribution in [0, 0.1) is 6.92 Å². The van der Waals surface area contributed by atoms with Crippen LogP contribution in [0.2, 0.25) is 10.0 Å². The van der Waals surface area contributed by atoms with Crippen LogP contribution in [0.15, 0.2) is 51.6 Å². The standard InChI is InChI=1S/C17H11BrCl2N2O2/c1-9-6-11(3-4-12(9)18)21-16(23)15-8-24-17(22-15)10-2-5-13(19)14(20)7-10/h2-8H,1H3,(H,21,23). The van der Waals surface area contributed by atoms with Crippen LogP contribution in [-0.4, -0.2) is 10.9 Å². The maximum atomic E-state index is 12.3. The van der Waals surface area contributed by atoms with Crippen LogP contribution in [0.25, 0.3) is 11.5 Å². The molecule has 4 nitrogen and oxygen atoms in total. The molecule has 1 heterocycles. The zero-order chi connectivity index (χ0) is 17.3. The Hall–Kier alpha value is -1.82. The van der Waals surface area contributed by atoms with Gasteiger partial charge in [0.25, 0.3) is 5.91 Å². The van der Waals surface area contributed by atoms with Crippen LogP contribution < -0.4 is 5.32 Å². The molecule has 0 bridgehead atoms. The average molecular weight is 426 g/mol. The Labute approximate surface area is 156 Å². The van der Waals surface area contributed by atoms with Gasteiger partial charge in [-0.05, 0) is 48.9 Å². The summed E-state index contributed by atoms with van der Waals surface area (Å²) in [4.78, 5) is 16.5. The molecule has 1 amide bonds. The van der Waals surface area contributed by atoms with Gasteiger partial charge in [-0.3, -0.25) is 4.79 Å². The van der Waals surface area contributed by atoms with Crippen molar-refractivity contribution in [2.75, 3.05) is 5.32 Å². The fourth-order valence-corrected chi connectivity index (χ4v) is 2.60. The number of aromatic nitrogens is 1. The van der Waals surface area contributed by atoms with E-state index < -0.39 is 0 Å². The number of nitrogens with zero attached hydrogens (tertiary/aromatic N) is 1. The van der Waals surface area contributed by atoms with E-state index in [2.05, 4.69) is 26.2 Å². The Kier molecular flexibility index (Phi) is 4.94. The lowest BCUT2D eigenvalue weighted by atomic mass is 10.2. The van der Waals surface area contributed by atoms with E-state index in [0.717, 1.165) is 10.0 Å². The SMILES string of the molecule is Cc1cc(NC(=O)c2coc(-c3ccc(Cl)c(Cl)c3)n2)ccc1Br. The first-order chi connectivity index (χ1) is 11.4. The number of rotatable bonds is 3. The summed E-state index contributed by atoms with van der Waals surface area (Å²) in [6.07, 6.45) is 1.30. The topological polar surface area (TPSA) is 55.1 Å². The smallest absolute Gasteiger partial charge is 0.277 e. The summed E-state index contributed by atoms with van der Waals surface area (Å²) < 4.78 is 6.34. The van der Waals surface area contributed by atoms with Crippen molar-refractivity contribution in [3.63, 3.8) is 0 Å². The number of benzene rings is 2. The largest absolute Gasteiger partial charge is 0.444 e. The van der Waals surface area contributed by atoms with Gasteiger partial charge in [0.2, 0.25) is 5.89 Å². The molecule has 0 unspecified atom stereocenters. The Bertz CT molecular complexity index is 925. The second-order valence-electron chi connectivity index (χ2n) is 5.08. The van der Waals surface area contributed by atoms with E-state index in [1.807, 2.05) is 19.1 Å². The van der Waals surface area contributed by atoms with Crippen LogP contribution >= 0.6 is 39.1 Å². The van der Waals surface area contributed by atoms with Crippen molar-refractivity contribution < 1.29 is 9.21 Å². The minimum atomic E-state index is -0.355. The van der Waals surface area contributed by atoms with Gasteiger partial charge in [0.1, 0.15) is 6.26 Å². The molecule has 7 heteroatoms. The Morgan fingerprint density at radius 2 is 1.96 bits per heavy atom. The van der Waals surface area contributed by atoms with Gasteiger partial charge in [0, 0.05) is 15.7 Å². The third kappa shape index (κ3) is 3.64. The zero-order valence-corrected chi connectivity index (χ0v) is 15.5. The number of amides is 1. The number of hydrogen-bond acceptors (Lipinski definition) is 3. The number of aryl methyl sites for hydroxylation is 1. The molecule has 0 fully saturated rings. The molecule has 24 heavy (non-hydrogen) atoms. The molecular weight excluding hydrogens is 415 g/mol. The van der Waals surface area contributed by atoms with Crippen molar-refractivity contribution >= 4 is 50.7 Å². The third-order valence-corrected chi connectivity index (χ3v) is 4.95. The summed E-state index contributed by atoms with van der Waals surface area (Å²) in [6, 6.07) is 10.5. The monoisotopic (exact) mass is 424 g/mol. The first-order valence-corrected chi connectivity index (χ1v) is 8.47. The molecule has 1 aromatic heterocycles. The summed E-state index contributed by atoms with van der Waals surface area (Å²) in [6.45, 7) is 1.94. The molecule has 0 aliphatic carbocycles. The number of halogens is 3. The van der Waals surface area contributed by atoms with Crippen LogP contribution in [0.4, 0.5) is 5.69 Å². The third-order valence-electron chi connectivity index (χ3n) is 3.32. The van der Waals surface area contributed by atoms with E-state index in [4.69, 9.17) is 27.6 Å². The average Bonchev–Trinajstić information content (AvgIpc) is 3.04. The minimum Gasteiger partial charge on any atom is -0.444 e. The number of oxazole rings is 1. The fraction of sp³-hybridized carbons (Fsp3) is 0.0588. The highest BCUT2D eigenvalue weighted by molar-refractivity contribution is 9.10. The normalized spacial score (nSPS) is 10.7. The van der Waals surface area contributed by atoms with Crippen molar-refractivity contribution in [2.24, 2.45) is 0 Å². The molecule has 0 spiro atoms. The molecule has 0 radical (unpaired) electrons. The first kappa shape index (κ1) is 17.0. The number of anilines is 1. The molecule has 1 N–H and O–H groups in total. The van der Waals surface area contributed by atoms with Crippen LogP contribution in [-0.2, 0) is 0 Å². The summed E-state index contributed by atoms with van der Waals surface area (Å²) in [5.41, 5.74) is 2.52. The summed E-state index contributed by atoms with van der Waals surface area (Å²) >= 11 is 15.3. The molecule has 0 saturated heterocycles. The van der Waals surface area contributed by atoms with E-state index in [0.29, 0.717) is 27.2 Å². The van der Waals surface area contributed by atoms with E-state index in [-0.39, 0.29) is 11.6 Å². The highest BCUT2D eigenvalue weighted by Crippen LogP contribution is 2.28. The van der Waals surface area contributed by atoms with E-state index >= 15 is 0 Å². The minimum absolute atomic E-state index is 0.177. The quantitative estimate of drug-likeness (QED) is 0.562. The van der Waals surface area contributed by atoms with Crippen molar-refractivity contribution in [1.29, 1.82) is 0 Å². The molecular formula is C17H11BrCl2N2O2. The predicted octanol–water partition coefficient (Wildman–Crippen LogP) is 5.97. The van der Waals surface area contributed by atoms with Gasteiger partial charge in [-0.25, -0.2) is 4.98 Å². The van der Waals surface area contributed by atoms with Gasteiger partial charge < -0.3 is 9.73 Å². The van der Waals surface area contributed by atoms with Crippen LogP contribution in [0.1, 0.15) is 16.1 Å². The highest BCUT2D eigenvalue weighted by Gasteiger charge is 2.14. The lowest BCUT2D eigenvalue weighted by Crippen LogP contribution is -2.12. The fourth-order valence-electron chi connectivity index (χ4n) is 2.06. The molecule has 0 aliphatic heterocycles. The van der Waals surface area contributed by atoms with Gasteiger partial charge in [0.05, 0.1) is 10.0 Å². The van der Waals surface area contributed by atoms with Crippen molar-refractivity contribution in [3.8, 4) is 11.5 Å². The van der Waals surface area contributed by atoms with Gasteiger partial charge in [-0.2, -0.15) is 0 Å². The molecule has 122 valence electrons. The lowest BCUT2D eigenvalue weighted by Gasteiger charge is -2.05. The predicted molar refractivity (Wildman–Crippen MR) is 98.8 cm³/mol. The Balaban J connectivity index is 1.80. The van der Waals surface area contributed by atoms with E-state index in [1.54, 1.807) is 24.3 Å². The number of carbonyl (C=O) groups is 1.